The predicted molar refractivity (Wildman–Crippen MR) is 119 cm³/mol. The minimum atomic E-state index is -0.518. The Balaban J connectivity index is 1.34. The van der Waals surface area contributed by atoms with Crippen LogP contribution in [0.4, 0.5) is 5.69 Å². The quantitative estimate of drug-likeness (QED) is 0.428. The van der Waals surface area contributed by atoms with Crippen LogP contribution in [0.25, 0.3) is 11.0 Å². The highest BCUT2D eigenvalue weighted by molar-refractivity contribution is 5.94. The molecule has 1 spiro atoms. The van der Waals surface area contributed by atoms with Crippen LogP contribution < -0.4 is 10.6 Å². The summed E-state index contributed by atoms with van der Waals surface area (Å²) in [5.41, 5.74) is 0.884. The number of carbonyl (C=O) groups is 3. The Morgan fingerprint density at radius 1 is 1.33 bits per heavy atom. The lowest BCUT2D eigenvalue weighted by molar-refractivity contribution is -0.384. The normalized spacial score (nSPS) is 19.8. The Morgan fingerprint density at radius 3 is 2.70 bits per heavy atom. The molecule has 0 radical (unpaired) electrons. The van der Waals surface area contributed by atoms with Crippen molar-refractivity contribution in [3.63, 3.8) is 0 Å². The van der Waals surface area contributed by atoms with Crippen LogP contribution in [0.15, 0.2) is 18.2 Å². The molecule has 3 amide bonds. The summed E-state index contributed by atoms with van der Waals surface area (Å²) >= 11 is 0. The number of H-pyrrole nitrogens is 1. The third kappa shape index (κ3) is 4.67. The molecule has 2 unspecified atom stereocenters. The molecule has 1 aromatic heterocycles. The molecule has 2 aliphatic rings. The van der Waals surface area contributed by atoms with Crippen molar-refractivity contribution in [1.82, 2.24) is 25.5 Å². The van der Waals surface area contributed by atoms with Gasteiger partial charge in [-0.2, -0.15) is 0 Å². The molecule has 1 aliphatic carbocycles. The first-order valence-electron chi connectivity index (χ1n) is 11.2. The van der Waals surface area contributed by atoms with Crippen molar-refractivity contribution >= 4 is 34.4 Å². The lowest BCUT2D eigenvalue weighted by atomic mass is 9.92. The summed E-state index contributed by atoms with van der Waals surface area (Å²) in [5.74, 6) is -0.441. The van der Waals surface area contributed by atoms with E-state index in [-0.39, 0.29) is 40.7 Å². The number of amides is 3. The third-order valence-corrected chi connectivity index (χ3v) is 6.70. The average molecular weight is 457 g/mol. The number of fused-ring (bicyclic) bond motifs is 1. The summed E-state index contributed by atoms with van der Waals surface area (Å²) in [4.78, 5) is 56.3. The molecule has 11 heteroatoms. The maximum Gasteiger partial charge on any atom is 0.289 e. The van der Waals surface area contributed by atoms with Crippen LogP contribution in [-0.2, 0) is 9.59 Å². The van der Waals surface area contributed by atoms with Crippen LogP contribution in [0.3, 0.4) is 0 Å². The molecule has 1 saturated carbocycles. The van der Waals surface area contributed by atoms with E-state index in [0.29, 0.717) is 30.5 Å². The summed E-state index contributed by atoms with van der Waals surface area (Å²) in [6, 6.07) is 3.79. The molecular formula is C22H28N6O5. The molecule has 11 nitrogen and oxygen atoms in total. The van der Waals surface area contributed by atoms with Crippen LogP contribution in [0.5, 0.6) is 0 Å². The van der Waals surface area contributed by atoms with Crippen molar-refractivity contribution in [3.8, 4) is 0 Å². The monoisotopic (exact) mass is 456 g/mol. The Hall–Kier alpha value is -3.50. The van der Waals surface area contributed by atoms with Gasteiger partial charge >= 0.3 is 0 Å². The number of hydrogen-bond donors (Lipinski definition) is 3. The number of nitrogens with zero attached hydrogens (tertiary/aromatic N) is 3. The maximum absolute atomic E-state index is 12.9. The van der Waals surface area contributed by atoms with Crippen molar-refractivity contribution in [2.45, 2.75) is 58.0 Å². The zero-order chi connectivity index (χ0) is 23.8. The van der Waals surface area contributed by atoms with Gasteiger partial charge in [-0.3, -0.25) is 24.5 Å². The number of rotatable bonds is 7. The van der Waals surface area contributed by atoms with Gasteiger partial charge in [0.05, 0.1) is 16.0 Å². The lowest BCUT2D eigenvalue weighted by Gasteiger charge is -2.32. The number of piperidine rings is 1. The summed E-state index contributed by atoms with van der Waals surface area (Å²) < 4.78 is 0. The van der Waals surface area contributed by atoms with Gasteiger partial charge in [-0.25, -0.2) is 4.98 Å². The number of benzene rings is 1. The van der Waals surface area contributed by atoms with E-state index in [2.05, 4.69) is 20.6 Å². The molecule has 176 valence electrons. The zero-order valence-corrected chi connectivity index (χ0v) is 18.7. The topological polar surface area (TPSA) is 150 Å². The van der Waals surface area contributed by atoms with Gasteiger partial charge in [0.2, 0.25) is 11.8 Å². The van der Waals surface area contributed by atoms with Gasteiger partial charge in [0.25, 0.3) is 11.6 Å². The van der Waals surface area contributed by atoms with Crippen LogP contribution in [0.1, 0.15) is 56.6 Å². The van der Waals surface area contributed by atoms with Gasteiger partial charge in [-0.05, 0) is 37.2 Å². The van der Waals surface area contributed by atoms with Gasteiger partial charge in [-0.15, -0.1) is 0 Å². The summed E-state index contributed by atoms with van der Waals surface area (Å²) in [7, 11) is 0. The van der Waals surface area contributed by atoms with E-state index in [0.717, 1.165) is 25.7 Å². The van der Waals surface area contributed by atoms with Crippen molar-refractivity contribution in [2.24, 2.45) is 5.41 Å². The number of carbonyl (C=O) groups excluding carboxylic acids is 3. The molecular weight excluding hydrogens is 428 g/mol. The highest BCUT2D eigenvalue weighted by atomic mass is 16.6. The van der Waals surface area contributed by atoms with Crippen molar-refractivity contribution < 1.29 is 19.3 Å². The Bertz CT molecular complexity index is 1100. The summed E-state index contributed by atoms with van der Waals surface area (Å²) in [5, 5.41) is 16.8. The van der Waals surface area contributed by atoms with Crippen LogP contribution in [0, 0.1) is 15.5 Å². The second-order valence-corrected chi connectivity index (χ2v) is 9.01. The first-order valence-corrected chi connectivity index (χ1v) is 11.2. The van der Waals surface area contributed by atoms with E-state index in [1.807, 2.05) is 6.92 Å². The number of nitro groups is 1. The largest absolute Gasteiger partial charge is 0.351 e. The number of aromatic amines is 1. The highest BCUT2D eigenvalue weighted by Crippen LogP contribution is 2.54. The SMILES string of the molecule is CCCC(NC(C)=O)C(=O)NC1CC12CCN(C(=O)c1nc3ccc([N+](=O)[O-])cc3[nH]1)CC2. The molecule has 4 rings (SSSR count). The van der Waals surface area contributed by atoms with E-state index in [1.54, 1.807) is 4.90 Å². The Kier molecular flexibility index (Phi) is 6.05. The van der Waals surface area contributed by atoms with E-state index in [9.17, 15) is 24.5 Å². The molecule has 1 aliphatic heterocycles. The summed E-state index contributed by atoms with van der Waals surface area (Å²) in [6.07, 6.45) is 3.80. The number of nitrogens with one attached hydrogen (secondary N) is 3. The highest BCUT2D eigenvalue weighted by Gasteiger charge is 2.56. The number of hydrogen-bond acceptors (Lipinski definition) is 6. The van der Waals surface area contributed by atoms with E-state index in [1.165, 1.54) is 25.1 Å². The number of aromatic nitrogens is 2. The van der Waals surface area contributed by atoms with Crippen molar-refractivity contribution in [2.75, 3.05) is 13.1 Å². The van der Waals surface area contributed by atoms with Gasteiger partial charge in [0.15, 0.2) is 5.82 Å². The fourth-order valence-electron chi connectivity index (χ4n) is 4.70. The van der Waals surface area contributed by atoms with Crippen LogP contribution in [-0.4, -0.2) is 62.7 Å². The molecule has 0 bridgehead atoms. The van der Waals surface area contributed by atoms with E-state index >= 15 is 0 Å². The molecule has 2 aromatic rings. The first kappa shape index (κ1) is 22.7. The van der Waals surface area contributed by atoms with E-state index in [4.69, 9.17) is 0 Å². The minimum absolute atomic E-state index is 0.00603. The number of imidazole rings is 1. The minimum Gasteiger partial charge on any atom is -0.351 e. The standard InChI is InChI=1S/C22H28N6O5/c1-3-4-16(23-13(2)29)20(30)26-18-12-22(18)7-9-27(10-8-22)21(31)19-24-15-6-5-14(28(32)33)11-17(15)25-19/h5-6,11,16,18H,3-4,7-10,12H2,1-2H3,(H,23,29)(H,24,25)(H,26,30). The molecule has 2 atom stereocenters. The first-order chi connectivity index (χ1) is 15.7. The van der Waals surface area contributed by atoms with Gasteiger partial charge < -0.3 is 20.5 Å². The number of non-ortho nitro benzene ring substituents is 1. The molecule has 1 aromatic carbocycles. The van der Waals surface area contributed by atoms with E-state index < -0.39 is 11.0 Å². The van der Waals surface area contributed by atoms with Crippen LogP contribution in [0.2, 0.25) is 0 Å². The Labute approximate surface area is 190 Å². The van der Waals surface area contributed by atoms with Crippen molar-refractivity contribution in [1.29, 1.82) is 0 Å². The molecule has 2 heterocycles. The second kappa shape index (κ2) is 8.80. The fraction of sp³-hybridized carbons (Fsp3) is 0.545. The molecule has 2 fully saturated rings. The van der Waals surface area contributed by atoms with Gasteiger partial charge in [0, 0.05) is 38.2 Å². The van der Waals surface area contributed by atoms with Crippen molar-refractivity contribution in [3.05, 3.63) is 34.1 Å². The lowest BCUT2D eigenvalue weighted by Crippen LogP contribution is -2.48. The smallest absolute Gasteiger partial charge is 0.289 e. The fourth-order valence-corrected chi connectivity index (χ4v) is 4.70. The molecule has 3 N–H and O–H groups in total. The average Bonchev–Trinajstić information content (AvgIpc) is 3.24. The third-order valence-electron chi connectivity index (χ3n) is 6.70. The van der Waals surface area contributed by atoms with Gasteiger partial charge in [-0.1, -0.05) is 13.3 Å². The van der Waals surface area contributed by atoms with Gasteiger partial charge in [0.1, 0.15) is 6.04 Å². The summed E-state index contributed by atoms with van der Waals surface area (Å²) in [6.45, 7) is 4.47. The Morgan fingerprint density at radius 2 is 2.06 bits per heavy atom. The predicted octanol–water partition coefficient (Wildman–Crippen LogP) is 1.89. The second-order valence-electron chi connectivity index (χ2n) is 9.01. The number of nitro benzene ring substituents is 1. The maximum atomic E-state index is 12.9. The molecule has 33 heavy (non-hydrogen) atoms. The number of likely N-dealkylation sites (tertiary alicyclic amines) is 1. The van der Waals surface area contributed by atoms with Crippen LogP contribution >= 0.6 is 0 Å². The molecule has 1 saturated heterocycles. The zero-order valence-electron chi connectivity index (χ0n) is 18.7.